The average Bonchev–Trinajstić information content (AvgIpc) is 2.71. The van der Waals surface area contributed by atoms with Crippen molar-refractivity contribution < 1.29 is 14.3 Å². The number of carbonyl (C=O) groups is 1. The number of esters is 1. The molecule has 0 fully saturated rings. The molecule has 0 unspecified atom stereocenters. The summed E-state index contributed by atoms with van der Waals surface area (Å²) in [6.07, 6.45) is 3.48. The Kier molecular flexibility index (Phi) is 3.23. The second-order valence-corrected chi connectivity index (χ2v) is 4.94. The van der Waals surface area contributed by atoms with Gasteiger partial charge in [-0.25, -0.2) is 9.31 Å². The van der Waals surface area contributed by atoms with Crippen LogP contribution in [0, 0.1) is 0 Å². The molecular weight excluding hydrogens is 232 g/mol. The van der Waals surface area contributed by atoms with Crippen molar-refractivity contribution in [2.24, 2.45) is 0 Å². The Morgan fingerprint density at radius 2 is 2.17 bits per heavy atom. The molecule has 0 saturated heterocycles. The first-order valence-electron chi connectivity index (χ1n) is 5.72. The molecule has 0 saturated carbocycles. The lowest BCUT2D eigenvalue weighted by atomic mass is 10.2. The molecule has 96 valence electrons. The van der Waals surface area contributed by atoms with Crippen LogP contribution in [0.5, 0.6) is 5.75 Å². The molecule has 0 amide bonds. The van der Waals surface area contributed by atoms with E-state index in [1.165, 1.54) is 0 Å². The number of ether oxygens (including phenoxy) is 2. The molecule has 2 aromatic heterocycles. The summed E-state index contributed by atoms with van der Waals surface area (Å²) in [7, 11) is 0. The van der Waals surface area contributed by atoms with E-state index in [0.29, 0.717) is 5.75 Å². The van der Waals surface area contributed by atoms with Crippen LogP contribution in [0.15, 0.2) is 30.6 Å². The van der Waals surface area contributed by atoms with Crippen LogP contribution >= 0.6 is 0 Å². The predicted octanol–water partition coefficient (Wildman–Crippen LogP) is 2.05. The number of hydrogen-bond donors (Lipinski definition) is 0. The Balaban J connectivity index is 1.95. The van der Waals surface area contributed by atoms with Crippen molar-refractivity contribution in [2.45, 2.75) is 26.4 Å². The van der Waals surface area contributed by atoms with Crippen molar-refractivity contribution in [3.8, 4) is 5.75 Å². The molecule has 0 bridgehead atoms. The number of rotatable bonds is 3. The zero-order valence-electron chi connectivity index (χ0n) is 10.7. The maximum absolute atomic E-state index is 11.5. The monoisotopic (exact) mass is 248 g/mol. The van der Waals surface area contributed by atoms with Crippen LogP contribution in [0.3, 0.4) is 0 Å². The molecule has 0 aliphatic rings. The summed E-state index contributed by atoms with van der Waals surface area (Å²) in [6, 6.07) is 5.43. The molecule has 2 rings (SSSR count). The quantitative estimate of drug-likeness (QED) is 0.780. The van der Waals surface area contributed by atoms with Gasteiger partial charge in [0.15, 0.2) is 6.61 Å². The minimum atomic E-state index is -0.490. The van der Waals surface area contributed by atoms with Crippen LogP contribution < -0.4 is 4.74 Å². The molecule has 0 atom stereocenters. The van der Waals surface area contributed by atoms with Crippen molar-refractivity contribution >= 4 is 11.5 Å². The van der Waals surface area contributed by atoms with E-state index in [1.807, 2.05) is 32.9 Å². The van der Waals surface area contributed by atoms with Gasteiger partial charge in [-0.3, -0.25) is 0 Å². The van der Waals surface area contributed by atoms with Gasteiger partial charge in [0, 0.05) is 18.5 Å². The Morgan fingerprint density at radius 1 is 1.39 bits per heavy atom. The predicted molar refractivity (Wildman–Crippen MR) is 66.5 cm³/mol. The van der Waals surface area contributed by atoms with E-state index in [0.717, 1.165) is 5.52 Å². The third-order valence-corrected chi connectivity index (χ3v) is 2.15. The molecule has 2 heterocycles. The molecule has 0 aromatic carbocycles. The van der Waals surface area contributed by atoms with Gasteiger partial charge in [-0.15, -0.1) is 0 Å². The Labute approximate surface area is 105 Å². The zero-order valence-corrected chi connectivity index (χ0v) is 10.7. The van der Waals surface area contributed by atoms with Crippen LogP contribution in [0.4, 0.5) is 0 Å². The van der Waals surface area contributed by atoms with E-state index >= 15 is 0 Å². The largest absolute Gasteiger partial charge is 0.482 e. The molecule has 0 aliphatic heterocycles. The van der Waals surface area contributed by atoms with E-state index in [1.54, 1.807) is 23.0 Å². The van der Waals surface area contributed by atoms with E-state index < -0.39 is 5.60 Å². The lowest BCUT2D eigenvalue weighted by Gasteiger charge is -2.19. The maximum atomic E-state index is 11.5. The number of nitrogens with zero attached hydrogens (tertiary/aromatic N) is 2. The van der Waals surface area contributed by atoms with Crippen molar-refractivity contribution in [2.75, 3.05) is 6.61 Å². The van der Waals surface area contributed by atoms with Crippen LogP contribution in [0.25, 0.3) is 5.52 Å². The molecule has 5 nitrogen and oxygen atoms in total. The van der Waals surface area contributed by atoms with E-state index in [-0.39, 0.29) is 12.6 Å². The lowest BCUT2D eigenvalue weighted by Crippen LogP contribution is -2.27. The highest BCUT2D eigenvalue weighted by Crippen LogP contribution is 2.14. The highest BCUT2D eigenvalue weighted by Gasteiger charge is 2.16. The minimum absolute atomic E-state index is 0.0957. The average molecular weight is 248 g/mol. The summed E-state index contributed by atoms with van der Waals surface area (Å²) in [5.41, 5.74) is 0.423. The summed E-state index contributed by atoms with van der Waals surface area (Å²) < 4.78 is 12.2. The first-order chi connectivity index (χ1) is 8.44. The van der Waals surface area contributed by atoms with Gasteiger partial charge in [0.1, 0.15) is 11.4 Å². The fourth-order valence-corrected chi connectivity index (χ4v) is 1.50. The van der Waals surface area contributed by atoms with E-state index in [2.05, 4.69) is 5.10 Å². The highest BCUT2D eigenvalue weighted by atomic mass is 16.6. The molecule has 0 radical (unpaired) electrons. The summed E-state index contributed by atoms with van der Waals surface area (Å²) in [5, 5.41) is 4.07. The molecule has 5 heteroatoms. The van der Waals surface area contributed by atoms with Crippen LogP contribution in [0.2, 0.25) is 0 Å². The number of carbonyl (C=O) groups excluding carboxylic acids is 1. The van der Waals surface area contributed by atoms with E-state index in [4.69, 9.17) is 9.47 Å². The number of hydrogen-bond acceptors (Lipinski definition) is 4. The Bertz CT molecular complexity index is 555. The molecule has 0 N–H and O–H groups in total. The molecule has 0 aliphatic carbocycles. The first-order valence-corrected chi connectivity index (χ1v) is 5.72. The second-order valence-electron chi connectivity index (χ2n) is 4.94. The SMILES string of the molecule is CC(C)(C)OC(=O)COc1ccn2nccc2c1. The van der Waals surface area contributed by atoms with Crippen molar-refractivity contribution in [3.05, 3.63) is 30.6 Å². The molecule has 2 aromatic rings. The summed E-state index contributed by atoms with van der Waals surface area (Å²) in [5.74, 6) is 0.241. The zero-order chi connectivity index (χ0) is 13.2. The van der Waals surface area contributed by atoms with E-state index in [9.17, 15) is 4.79 Å². The minimum Gasteiger partial charge on any atom is -0.482 e. The third-order valence-electron chi connectivity index (χ3n) is 2.15. The first kappa shape index (κ1) is 12.4. The fraction of sp³-hybridized carbons (Fsp3) is 0.385. The van der Waals surface area contributed by atoms with Crippen molar-refractivity contribution in [1.82, 2.24) is 9.61 Å². The van der Waals surface area contributed by atoms with Gasteiger partial charge in [-0.05, 0) is 32.9 Å². The number of pyridine rings is 1. The highest BCUT2D eigenvalue weighted by molar-refractivity contribution is 5.71. The van der Waals surface area contributed by atoms with Gasteiger partial charge in [0.05, 0.1) is 5.52 Å². The van der Waals surface area contributed by atoms with Gasteiger partial charge < -0.3 is 9.47 Å². The smallest absolute Gasteiger partial charge is 0.344 e. The summed E-state index contributed by atoms with van der Waals surface area (Å²) in [6.45, 7) is 5.37. The van der Waals surface area contributed by atoms with Crippen LogP contribution in [-0.2, 0) is 9.53 Å². The summed E-state index contributed by atoms with van der Waals surface area (Å²) in [4.78, 5) is 11.5. The van der Waals surface area contributed by atoms with Gasteiger partial charge in [-0.1, -0.05) is 0 Å². The van der Waals surface area contributed by atoms with Crippen LogP contribution in [0.1, 0.15) is 20.8 Å². The van der Waals surface area contributed by atoms with Gasteiger partial charge in [-0.2, -0.15) is 5.10 Å². The normalized spacial score (nSPS) is 11.5. The van der Waals surface area contributed by atoms with Gasteiger partial charge >= 0.3 is 5.97 Å². The van der Waals surface area contributed by atoms with Gasteiger partial charge in [0.25, 0.3) is 0 Å². The van der Waals surface area contributed by atoms with Crippen LogP contribution in [-0.4, -0.2) is 27.8 Å². The Morgan fingerprint density at radius 3 is 2.89 bits per heavy atom. The third kappa shape index (κ3) is 3.23. The topological polar surface area (TPSA) is 52.8 Å². The lowest BCUT2D eigenvalue weighted by molar-refractivity contribution is -0.157. The molecular formula is C13H16N2O3. The fourth-order valence-electron chi connectivity index (χ4n) is 1.50. The van der Waals surface area contributed by atoms with Crippen molar-refractivity contribution in [3.63, 3.8) is 0 Å². The second kappa shape index (κ2) is 4.68. The maximum Gasteiger partial charge on any atom is 0.344 e. The van der Waals surface area contributed by atoms with Gasteiger partial charge in [0.2, 0.25) is 0 Å². The molecule has 0 spiro atoms. The number of aromatic nitrogens is 2. The number of fused-ring (bicyclic) bond motifs is 1. The van der Waals surface area contributed by atoms with Crippen molar-refractivity contribution in [1.29, 1.82) is 0 Å². The standard InChI is InChI=1S/C13H16N2O3/c1-13(2,3)18-12(16)9-17-11-5-7-15-10(8-11)4-6-14-15/h4-8H,9H2,1-3H3. The molecule has 18 heavy (non-hydrogen) atoms. The Hall–Kier alpha value is -2.04. The summed E-state index contributed by atoms with van der Waals surface area (Å²) >= 11 is 0.